The van der Waals surface area contributed by atoms with E-state index in [1.807, 2.05) is 0 Å². The lowest BCUT2D eigenvalue weighted by Crippen LogP contribution is -2.56. The van der Waals surface area contributed by atoms with E-state index in [0.29, 0.717) is 11.8 Å². The Kier molecular flexibility index (Phi) is 2.13. The Hall–Kier alpha value is -0.570. The number of hydrogen-bond acceptors (Lipinski definition) is 2. The monoisotopic (exact) mass is 224 g/mol. The van der Waals surface area contributed by atoms with E-state index >= 15 is 0 Å². The first-order chi connectivity index (χ1) is 7.53. The summed E-state index contributed by atoms with van der Waals surface area (Å²) in [5, 5.41) is 18.3. The van der Waals surface area contributed by atoms with Gasteiger partial charge in [0.05, 0.1) is 0 Å². The highest BCUT2D eigenvalue weighted by molar-refractivity contribution is 5.72. The molecule has 0 aliphatic heterocycles. The van der Waals surface area contributed by atoms with Crippen LogP contribution in [0.25, 0.3) is 0 Å². The number of aliphatic hydroxyl groups excluding tert-OH is 1. The third-order valence-electron chi connectivity index (χ3n) is 5.17. The van der Waals surface area contributed by atoms with Crippen molar-refractivity contribution in [3.8, 4) is 0 Å². The predicted octanol–water partition coefficient (Wildman–Crippen LogP) is 2.18. The Morgan fingerprint density at radius 3 is 2.75 bits per heavy atom. The molecule has 2 unspecified atom stereocenters. The second kappa shape index (κ2) is 3.22. The highest BCUT2D eigenvalue weighted by Gasteiger charge is 2.60. The van der Waals surface area contributed by atoms with E-state index in [2.05, 4.69) is 0 Å². The van der Waals surface area contributed by atoms with Gasteiger partial charge in [0.15, 0.2) is 6.10 Å². The molecule has 0 saturated heterocycles. The van der Waals surface area contributed by atoms with Crippen LogP contribution in [0.3, 0.4) is 0 Å². The number of hydrogen-bond donors (Lipinski definition) is 2. The van der Waals surface area contributed by atoms with Gasteiger partial charge in [-0.15, -0.1) is 0 Å². The van der Waals surface area contributed by atoms with E-state index in [0.717, 1.165) is 5.92 Å². The van der Waals surface area contributed by atoms with Gasteiger partial charge < -0.3 is 10.2 Å². The molecule has 4 saturated carbocycles. The molecule has 0 aromatic heterocycles. The van der Waals surface area contributed by atoms with Crippen LogP contribution in [0.2, 0.25) is 0 Å². The highest BCUT2D eigenvalue weighted by Crippen LogP contribution is 2.71. The summed E-state index contributed by atoms with van der Waals surface area (Å²) < 4.78 is 0. The third kappa shape index (κ3) is 1.48. The molecule has 0 radical (unpaired) electrons. The number of aliphatic carboxylic acids is 1. The molecule has 1 spiro atoms. The predicted molar refractivity (Wildman–Crippen MR) is 58.9 cm³/mol. The van der Waals surface area contributed by atoms with Gasteiger partial charge in [0, 0.05) is 0 Å². The van der Waals surface area contributed by atoms with Crippen molar-refractivity contribution in [1.29, 1.82) is 0 Å². The Balaban J connectivity index is 1.71. The summed E-state index contributed by atoms with van der Waals surface area (Å²) in [6.07, 6.45) is 8.28. The third-order valence-corrected chi connectivity index (χ3v) is 5.17. The molecule has 4 aliphatic carbocycles. The highest BCUT2D eigenvalue weighted by atomic mass is 16.4. The maximum absolute atomic E-state index is 10.7. The topological polar surface area (TPSA) is 57.5 Å². The van der Waals surface area contributed by atoms with Crippen molar-refractivity contribution in [2.24, 2.45) is 16.7 Å². The van der Waals surface area contributed by atoms with Crippen molar-refractivity contribution >= 4 is 5.97 Å². The minimum atomic E-state index is -1.14. The van der Waals surface area contributed by atoms with Crippen molar-refractivity contribution in [1.82, 2.24) is 0 Å². The largest absolute Gasteiger partial charge is 0.479 e. The van der Waals surface area contributed by atoms with E-state index in [4.69, 9.17) is 5.11 Å². The van der Waals surface area contributed by atoms with Crippen molar-refractivity contribution in [3.63, 3.8) is 0 Å². The molecule has 4 aliphatic rings. The number of carboxylic acid groups (broad SMARTS) is 1. The zero-order chi connectivity index (χ0) is 11.4. The fraction of sp³-hybridized carbons (Fsp3) is 0.923. The average Bonchev–Trinajstić information content (AvgIpc) is 2.14. The minimum Gasteiger partial charge on any atom is -0.479 e. The summed E-state index contributed by atoms with van der Waals surface area (Å²) >= 11 is 0. The molecule has 3 heteroatoms. The Morgan fingerprint density at radius 1 is 1.38 bits per heavy atom. The van der Waals surface area contributed by atoms with Crippen LogP contribution < -0.4 is 0 Å². The first kappa shape index (κ1) is 10.6. The summed E-state index contributed by atoms with van der Waals surface area (Å²) in [7, 11) is 0. The van der Waals surface area contributed by atoms with Crippen molar-refractivity contribution < 1.29 is 15.0 Å². The molecule has 2 atom stereocenters. The maximum Gasteiger partial charge on any atom is 0.332 e. The van der Waals surface area contributed by atoms with Gasteiger partial charge in [-0.2, -0.15) is 0 Å². The Bertz CT molecular complexity index is 312. The van der Waals surface area contributed by atoms with Crippen molar-refractivity contribution in [2.45, 2.75) is 57.5 Å². The van der Waals surface area contributed by atoms with Gasteiger partial charge in [-0.25, -0.2) is 4.79 Å². The Morgan fingerprint density at radius 2 is 2.12 bits per heavy atom. The van der Waals surface area contributed by atoms with Crippen LogP contribution in [0, 0.1) is 16.7 Å². The molecule has 0 aromatic rings. The van der Waals surface area contributed by atoms with Crippen LogP contribution >= 0.6 is 0 Å². The van der Waals surface area contributed by atoms with Gasteiger partial charge in [-0.05, 0) is 55.3 Å². The van der Waals surface area contributed by atoms with Gasteiger partial charge in [0.2, 0.25) is 0 Å². The van der Waals surface area contributed by atoms with E-state index < -0.39 is 12.1 Å². The van der Waals surface area contributed by atoms with Crippen LogP contribution in [0.4, 0.5) is 0 Å². The minimum absolute atomic E-state index is 0.182. The molecule has 3 nitrogen and oxygen atoms in total. The molecule has 0 heterocycles. The van der Waals surface area contributed by atoms with E-state index in [9.17, 15) is 9.90 Å². The fourth-order valence-corrected chi connectivity index (χ4v) is 5.10. The summed E-state index contributed by atoms with van der Waals surface area (Å²) in [6, 6.07) is 0. The second-order valence-electron chi connectivity index (χ2n) is 6.58. The normalized spacial score (nSPS) is 46.9. The quantitative estimate of drug-likeness (QED) is 0.772. The molecule has 2 N–H and O–H groups in total. The molecule has 0 aromatic carbocycles. The summed E-state index contributed by atoms with van der Waals surface area (Å²) in [4.78, 5) is 10.7. The summed E-state index contributed by atoms with van der Waals surface area (Å²) in [5.74, 6) is -0.233. The first-order valence-corrected chi connectivity index (χ1v) is 6.44. The number of carbonyl (C=O) groups is 1. The van der Waals surface area contributed by atoms with Crippen LogP contribution in [-0.2, 0) is 4.79 Å². The van der Waals surface area contributed by atoms with Gasteiger partial charge in [0.25, 0.3) is 0 Å². The average molecular weight is 224 g/mol. The van der Waals surface area contributed by atoms with Gasteiger partial charge in [0.1, 0.15) is 0 Å². The van der Waals surface area contributed by atoms with E-state index in [1.165, 1.54) is 44.9 Å². The first-order valence-electron chi connectivity index (χ1n) is 6.44. The maximum atomic E-state index is 10.7. The standard InChI is InChI=1S/C13H20O3/c14-10(11(15)16)6-13-5-9-2-1-3-12(4-9,7-13)8-13/h9-10,14H,1-8H2,(H,15,16). The van der Waals surface area contributed by atoms with Gasteiger partial charge in [-0.1, -0.05) is 12.8 Å². The van der Waals surface area contributed by atoms with Crippen LogP contribution in [-0.4, -0.2) is 22.3 Å². The van der Waals surface area contributed by atoms with Crippen LogP contribution in [0.5, 0.6) is 0 Å². The fourth-order valence-electron chi connectivity index (χ4n) is 5.10. The van der Waals surface area contributed by atoms with E-state index in [1.54, 1.807) is 0 Å². The molecular formula is C13H20O3. The van der Waals surface area contributed by atoms with E-state index in [-0.39, 0.29) is 5.41 Å². The lowest BCUT2D eigenvalue weighted by atomic mass is 9.39. The lowest BCUT2D eigenvalue weighted by Gasteiger charge is -2.66. The van der Waals surface area contributed by atoms with Crippen molar-refractivity contribution in [3.05, 3.63) is 0 Å². The summed E-state index contributed by atoms with van der Waals surface area (Å²) in [6.45, 7) is 0. The number of aliphatic hydroxyl groups is 1. The van der Waals surface area contributed by atoms with Crippen LogP contribution in [0.15, 0.2) is 0 Å². The zero-order valence-electron chi connectivity index (χ0n) is 9.61. The lowest BCUT2D eigenvalue weighted by molar-refractivity contribution is -0.173. The number of carboxylic acids is 1. The SMILES string of the molecule is O=C(O)C(O)CC12CC3CCCC(C3)(C1)C2. The zero-order valence-corrected chi connectivity index (χ0v) is 9.61. The second-order valence-corrected chi connectivity index (χ2v) is 6.58. The van der Waals surface area contributed by atoms with Gasteiger partial charge in [-0.3, -0.25) is 0 Å². The molecule has 16 heavy (non-hydrogen) atoms. The molecular weight excluding hydrogens is 204 g/mol. The van der Waals surface area contributed by atoms with Crippen LogP contribution in [0.1, 0.15) is 51.4 Å². The van der Waals surface area contributed by atoms with Gasteiger partial charge >= 0.3 is 5.97 Å². The summed E-state index contributed by atoms with van der Waals surface area (Å²) in [5.41, 5.74) is 0.737. The Labute approximate surface area is 95.9 Å². The smallest absolute Gasteiger partial charge is 0.332 e. The molecule has 4 fully saturated rings. The molecule has 0 amide bonds. The molecule has 4 rings (SSSR count). The molecule has 90 valence electrons. The van der Waals surface area contributed by atoms with Crippen molar-refractivity contribution in [2.75, 3.05) is 0 Å². The molecule has 3 bridgehead atoms. The number of rotatable bonds is 3.